The molecule has 0 aliphatic heterocycles. The van der Waals surface area contributed by atoms with Crippen LogP contribution in [0.5, 0.6) is 0 Å². The molecule has 3 aromatic heterocycles. The number of hydrogen-bond donors (Lipinski definition) is 0. The second kappa shape index (κ2) is 10.1. The second-order valence-electron chi connectivity index (χ2n) is 12.0. The van der Waals surface area contributed by atoms with E-state index in [4.69, 9.17) is 4.98 Å². The first-order valence-corrected chi connectivity index (χ1v) is 17.1. The zero-order valence-corrected chi connectivity index (χ0v) is 26.3. The minimum atomic E-state index is 0.981. The van der Waals surface area contributed by atoms with Gasteiger partial charge >= 0.3 is 0 Å². The maximum Gasteiger partial charge on any atom is 0.0702 e. The van der Waals surface area contributed by atoms with Gasteiger partial charge in [0.15, 0.2) is 0 Å². The summed E-state index contributed by atoms with van der Waals surface area (Å²) in [5.74, 6) is 0. The largest absolute Gasteiger partial charge is 0.256 e. The van der Waals surface area contributed by atoms with Crippen LogP contribution in [0.4, 0.5) is 0 Å². The monoisotopic (exact) mass is 619 g/mol. The number of nitrogens with zero attached hydrogens (tertiary/aromatic N) is 1. The Morgan fingerprint density at radius 3 is 1.70 bits per heavy atom. The fourth-order valence-electron chi connectivity index (χ4n) is 6.90. The van der Waals surface area contributed by atoms with Crippen LogP contribution in [-0.4, -0.2) is 4.98 Å². The van der Waals surface area contributed by atoms with E-state index in [1.165, 1.54) is 78.6 Å². The fourth-order valence-corrected chi connectivity index (χ4v) is 9.60. The van der Waals surface area contributed by atoms with E-state index in [-0.39, 0.29) is 0 Å². The van der Waals surface area contributed by atoms with Crippen LogP contribution in [0.25, 0.3) is 95.4 Å². The standard InChI is InChI=1S/C43H25NS2/c1-2-8-30-23-40-37(21-29(30)7-1)42-43(45-40)38-22-32-17-16-31(20-34(32)24-41(38)46-42)33-18-19-39(44-25-33)28-14-12-27(13-15-28)36-11-5-9-26-6-3-4-10-35(26)36/h1-25H. The lowest BCUT2D eigenvalue weighted by molar-refractivity contribution is 1.33. The molecular weight excluding hydrogens is 595 g/mol. The van der Waals surface area contributed by atoms with Gasteiger partial charge in [-0.15, -0.1) is 22.7 Å². The summed E-state index contributed by atoms with van der Waals surface area (Å²) in [5, 5.41) is 10.4. The van der Waals surface area contributed by atoms with E-state index in [0.29, 0.717) is 0 Å². The van der Waals surface area contributed by atoms with Crippen molar-refractivity contribution in [3.63, 3.8) is 0 Å². The molecule has 3 heteroatoms. The van der Waals surface area contributed by atoms with Gasteiger partial charge in [0.05, 0.1) is 15.1 Å². The minimum Gasteiger partial charge on any atom is -0.256 e. The normalized spacial score (nSPS) is 11.9. The molecule has 0 radical (unpaired) electrons. The molecule has 0 spiro atoms. The number of benzene rings is 7. The van der Waals surface area contributed by atoms with Crippen LogP contribution in [-0.2, 0) is 0 Å². The van der Waals surface area contributed by atoms with Gasteiger partial charge in [-0.1, -0.05) is 109 Å². The Balaban J connectivity index is 0.976. The van der Waals surface area contributed by atoms with Crippen molar-refractivity contribution >= 4 is 84.6 Å². The smallest absolute Gasteiger partial charge is 0.0702 e. The zero-order chi connectivity index (χ0) is 30.2. The first-order chi connectivity index (χ1) is 22.7. The van der Waals surface area contributed by atoms with Crippen molar-refractivity contribution in [2.24, 2.45) is 0 Å². The van der Waals surface area contributed by atoms with E-state index in [0.717, 1.165) is 16.8 Å². The summed E-state index contributed by atoms with van der Waals surface area (Å²) in [6.45, 7) is 0. The second-order valence-corrected chi connectivity index (χ2v) is 14.1. The van der Waals surface area contributed by atoms with Crippen molar-refractivity contribution in [3.8, 4) is 33.5 Å². The van der Waals surface area contributed by atoms with Crippen LogP contribution in [0.2, 0.25) is 0 Å². The molecule has 0 fully saturated rings. The first kappa shape index (κ1) is 25.9. The summed E-state index contributed by atoms with van der Waals surface area (Å²) in [7, 11) is 0. The predicted molar refractivity (Wildman–Crippen MR) is 201 cm³/mol. The fraction of sp³-hybridized carbons (Fsp3) is 0. The lowest BCUT2D eigenvalue weighted by Gasteiger charge is -2.09. The third kappa shape index (κ3) is 4.10. The number of aromatic nitrogens is 1. The van der Waals surface area contributed by atoms with Crippen molar-refractivity contribution in [3.05, 3.63) is 152 Å². The molecular formula is C43H25NS2. The molecule has 46 heavy (non-hydrogen) atoms. The van der Waals surface area contributed by atoms with Gasteiger partial charge in [0.2, 0.25) is 0 Å². The SMILES string of the molecule is c1ccc2cc3c(cc2c1)sc1c2cc4ccc(-c5ccc(-c6ccc(-c7cccc8ccccc78)cc6)nc5)cc4cc2sc31. The molecule has 7 aromatic carbocycles. The molecule has 0 saturated carbocycles. The Kier molecular flexibility index (Phi) is 5.68. The molecule has 0 bridgehead atoms. The molecule has 0 atom stereocenters. The van der Waals surface area contributed by atoms with Gasteiger partial charge in [0.25, 0.3) is 0 Å². The van der Waals surface area contributed by atoms with Crippen molar-refractivity contribution in [2.75, 3.05) is 0 Å². The van der Waals surface area contributed by atoms with Crippen LogP contribution >= 0.6 is 22.7 Å². The Hall–Kier alpha value is -5.35. The van der Waals surface area contributed by atoms with E-state index >= 15 is 0 Å². The maximum atomic E-state index is 4.88. The molecule has 0 N–H and O–H groups in total. The number of thiophene rings is 2. The van der Waals surface area contributed by atoms with Gasteiger partial charge < -0.3 is 0 Å². The van der Waals surface area contributed by atoms with E-state index in [1.54, 1.807) is 0 Å². The molecule has 3 heterocycles. The molecule has 0 aliphatic rings. The van der Waals surface area contributed by atoms with E-state index < -0.39 is 0 Å². The summed E-state index contributed by atoms with van der Waals surface area (Å²) in [6, 6.07) is 53.1. The Bertz CT molecular complexity index is 2780. The van der Waals surface area contributed by atoms with Crippen molar-refractivity contribution in [2.45, 2.75) is 0 Å². The maximum absolute atomic E-state index is 4.88. The van der Waals surface area contributed by atoms with Gasteiger partial charge in [-0.3, -0.25) is 4.98 Å². The molecule has 1 nitrogen and oxygen atoms in total. The van der Waals surface area contributed by atoms with Crippen molar-refractivity contribution in [1.29, 1.82) is 0 Å². The molecule has 0 saturated heterocycles. The average Bonchev–Trinajstić information content (AvgIpc) is 3.64. The topological polar surface area (TPSA) is 12.9 Å². The van der Waals surface area contributed by atoms with Crippen LogP contribution in [0.15, 0.2) is 152 Å². The Morgan fingerprint density at radius 1 is 0.370 bits per heavy atom. The van der Waals surface area contributed by atoms with Crippen LogP contribution in [0, 0.1) is 0 Å². The van der Waals surface area contributed by atoms with Crippen molar-refractivity contribution < 1.29 is 0 Å². The summed E-state index contributed by atoms with van der Waals surface area (Å²) in [5.41, 5.74) is 6.89. The molecule has 10 rings (SSSR count). The third-order valence-corrected chi connectivity index (χ3v) is 11.8. The quantitative estimate of drug-likeness (QED) is 0.192. The zero-order valence-electron chi connectivity index (χ0n) is 24.7. The summed E-state index contributed by atoms with van der Waals surface area (Å²) >= 11 is 3.84. The van der Waals surface area contributed by atoms with Crippen LogP contribution in [0.3, 0.4) is 0 Å². The molecule has 10 aromatic rings. The number of rotatable bonds is 3. The lowest BCUT2D eigenvalue weighted by atomic mass is 9.97. The molecule has 0 aliphatic carbocycles. The van der Waals surface area contributed by atoms with E-state index in [9.17, 15) is 0 Å². The minimum absolute atomic E-state index is 0.981. The predicted octanol–water partition coefficient (Wildman–Crippen LogP) is 13.1. The van der Waals surface area contributed by atoms with Gasteiger partial charge in [0, 0.05) is 37.5 Å². The first-order valence-electron chi connectivity index (χ1n) is 15.5. The summed E-state index contributed by atoms with van der Waals surface area (Å²) in [6.07, 6.45) is 2.01. The number of fused-ring (bicyclic) bond motifs is 8. The Morgan fingerprint density at radius 2 is 0.957 bits per heavy atom. The van der Waals surface area contributed by atoms with E-state index in [2.05, 4.69) is 146 Å². The number of hydrogen-bond acceptors (Lipinski definition) is 3. The van der Waals surface area contributed by atoms with Crippen LogP contribution in [0.1, 0.15) is 0 Å². The highest BCUT2D eigenvalue weighted by Gasteiger charge is 2.14. The van der Waals surface area contributed by atoms with Crippen molar-refractivity contribution in [1.82, 2.24) is 4.98 Å². The molecule has 0 unspecified atom stereocenters. The summed E-state index contributed by atoms with van der Waals surface area (Å²) in [4.78, 5) is 4.88. The van der Waals surface area contributed by atoms with Gasteiger partial charge in [-0.05, 0) is 85.4 Å². The highest BCUT2D eigenvalue weighted by Crippen LogP contribution is 2.46. The highest BCUT2D eigenvalue weighted by molar-refractivity contribution is 7.36. The van der Waals surface area contributed by atoms with Gasteiger partial charge in [-0.25, -0.2) is 0 Å². The third-order valence-electron chi connectivity index (χ3n) is 9.28. The Labute approximate surface area is 273 Å². The van der Waals surface area contributed by atoms with E-state index in [1.807, 2.05) is 28.9 Å². The lowest BCUT2D eigenvalue weighted by Crippen LogP contribution is -1.87. The average molecular weight is 620 g/mol. The van der Waals surface area contributed by atoms with Gasteiger partial charge in [0.1, 0.15) is 0 Å². The van der Waals surface area contributed by atoms with Gasteiger partial charge in [-0.2, -0.15) is 0 Å². The number of pyridine rings is 1. The molecule has 214 valence electrons. The summed E-state index contributed by atoms with van der Waals surface area (Å²) < 4.78 is 5.53. The highest BCUT2D eigenvalue weighted by atomic mass is 32.1. The molecule has 0 amide bonds. The van der Waals surface area contributed by atoms with Crippen LogP contribution < -0.4 is 0 Å².